The van der Waals surface area contributed by atoms with Crippen LogP contribution in [0.4, 0.5) is 5.69 Å². The quantitative estimate of drug-likeness (QED) is 0.640. The van der Waals surface area contributed by atoms with Crippen molar-refractivity contribution in [2.45, 2.75) is 13.8 Å². The van der Waals surface area contributed by atoms with Gasteiger partial charge in [-0.1, -0.05) is 34.1 Å². The first-order valence-corrected chi connectivity index (χ1v) is 9.14. The molecule has 5 heteroatoms. The summed E-state index contributed by atoms with van der Waals surface area (Å²) < 4.78 is 0.990. The SMILES string of the molecule is Cc1ccc(N=C2S/C(=C/c3cccc(Br)c3)C(=O)N2C)cc1C. The molecule has 1 fully saturated rings. The highest BCUT2D eigenvalue weighted by Gasteiger charge is 2.30. The summed E-state index contributed by atoms with van der Waals surface area (Å²) in [6.45, 7) is 4.14. The second kappa shape index (κ2) is 6.95. The fraction of sp³-hybridized carbons (Fsp3) is 0.158. The number of halogens is 1. The zero-order valence-electron chi connectivity index (χ0n) is 13.7. The van der Waals surface area contributed by atoms with Crippen molar-refractivity contribution < 1.29 is 4.79 Å². The van der Waals surface area contributed by atoms with Crippen molar-refractivity contribution in [2.24, 2.45) is 4.99 Å². The number of nitrogens with zero attached hydrogens (tertiary/aromatic N) is 2. The number of aliphatic imine (C=N–C) groups is 1. The molecular weight excluding hydrogens is 384 g/mol. The third-order valence-electron chi connectivity index (χ3n) is 3.87. The van der Waals surface area contributed by atoms with Crippen LogP contribution in [0.1, 0.15) is 16.7 Å². The van der Waals surface area contributed by atoms with E-state index in [1.807, 2.05) is 42.5 Å². The summed E-state index contributed by atoms with van der Waals surface area (Å²) in [6, 6.07) is 13.9. The number of thioether (sulfide) groups is 1. The summed E-state index contributed by atoms with van der Waals surface area (Å²) in [6.07, 6.45) is 1.90. The monoisotopic (exact) mass is 400 g/mol. The van der Waals surface area contributed by atoms with Crippen molar-refractivity contribution in [1.29, 1.82) is 0 Å². The second-order valence-corrected chi connectivity index (χ2v) is 7.62. The predicted molar refractivity (Wildman–Crippen MR) is 105 cm³/mol. The molecule has 0 spiro atoms. The number of amides is 1. The van der Waals surface area contributed by atoms with E-state index in [0.29, 0.717) is 10.1 Å². The standard InChI is InChI=1S/C19H17BrN2OS/c1-12-7-8-16(9-13(12)2)21-19-22(3)18(23)17(24-19)11-14-5-4-6-15(20)10-14/h4-11H,1-3H3/b17-11+,21-19?. The molecule has 0 atom stereocenters. The molecule has 3 nitrogen and oxygen atoms in total. The Morgan fingerprint density at radius 2 is 1.92 bits per heavy atom. The number of likely N-dealkylation sites (N-methyl/N-ethyl adjacent to an activating group) is 1. The van der Waals surface area contributed by atoms with E-state index in [9.17, 15) is 4.79 Å². The van der Waals surface area contributed by atoms with Crippen LogP contribution in [0.5, 0.6) is 0 Å². The minimum Gasteiger partial charge on any atom is -0.290 e. The Bertz CT molecular complexity index is 873. The van der Waals surface area contributed by atoms with Crippen molar-refractivity contribution in [3.05, 3.63) is 68.5 Å². The molecule has 1 amide bonds. The smallest absolute Gasteiger partial charge is 0.266 e. The lowest BCUT2D eigenvalue weighted by Gasteiger charge is -2.08. The maximum atomic E-state index is 12.5. The lowest BCUT2D eigenvalue weighted by molar-refractivity contribution is -0.121. The number of rotatable bonds is 2. The van der Waals surface area contributed by atoms with Gasteiger partial charge in [0.05, 0.1) is 10.6 Å². The Labute approximate surface area is 154 Å². The van der Waals surface area contributed by atoms with E-state index in [4.69, 9.17) is 0 Å². The highest BCUT2D eigenvalue weighted by molar-refractivity contribution is 9.10. The van der Waals surface area contributed by atoms with Gasteiger partial charge in [-0.05, 0) is 72.6 Å². The van der Waals surface area contributed by atoms with Crippen molar-refractivity contribution in [1.82, 2.24) is 4.90 Å². The van der Waals surface area contributed by atoms with Gasteiger partial charge in [0, 0.05) is 11.5 Å². The minimum absolute atomic E-state index is 0.0254. The maximum Gasteiger partial charge on any atom is 0.266 e. The Morgan fingerprint density at radius 3 is 2.62 bits per heavy atom. The molecule has 0 aromatic heterocycles. The van der Waals surface area contributed by atoms with Gasteiger partial charge in [0.15, 0.2) is 5.17 Å². The van der Waals surface area contributed by atoms with Crippen LogP contribution in [-0.2, 0) is 4.79 Å². The lowest BCUT2D eigenvalue weighted by Crippen LogP contribution is -2.23. The third-order valence-corrected chi connectivity index (χ3v) is 5.42. The maximum absolute atomic E-state index is 12.5. The molecule has 2 aromatic rings. The van der Waals surface area contributed by atoms with Crippen LogP contribution in [0.2, 0.25) is 0 Å². The average Bonchev–Trinajstić information content (AvgIpc) is 2.79. The molecule has 3 rings (SSSR count). The number of carbonyl (C=O) groups excluding carboxylic acids is 1. The predicted octanol–water partition coefficient (Wildman–Crippen LogP) is 5.30. The van der Waals surface area contributed by atoms with E-state index in [2.05, 4.69) is 40.8 Å². The largest absolute Gasteiger partial charge is 0.290 e. The van der Waals surface area contributed by atoms with Gasteiger partial charge in [-0.2, -0.15) is 0 Å². The second-order valence-electron chi connectivity index (χ2n) is 5.69. The molecule has 0 N–H and O–H groups in total. The molecule has 0 aliphatic carbocycles. The molecule has 0 bridgehead atoms. The van der Waals surface area contributed by atoms with Crippen LogP contribution in [0.15, 0.2) is 56.8 Å². The summed E-state index contributed by atoms with van der Waals surface area (Å²) in [4.78, 5) is 19.4. The molecule has 1 aliphatic rings. The molecule has 0 saturated carbocycles. The lowest BCUT2D eigenvalue weighted by atomic mass is 10.1. The van der Waals surface area contributed by atoms with E-state index >= 15 is 0 Å². The number of benzene rings is 2. The topological polar surface area (TPSA) is 32.7 Å². The molecule has 1 aliphatic heterocycles. The Kier molecular flexibility index (Phi) is 4.92. The van der Waals surface area contributed by atoms with E-state index < -0.39 is 0 Å². The highest BCUT2D eigenvalue weighted by atomic mass is 79.9. The molecule has 0 unspecified atom stereocenters. The molecule has 122 valence electrons. The number of hydrogen-bond donors (Lipinski definition) is 0. The zero-order chi connectivity index (χ0) is 17.3. The number of hydrogen-bond acceptors (Lipinski definition) is 3. The van der Waals surface area contributed by atoms with E-state index in [1.54, 1.807) is 11.9 Å². The van der Waals surface area contributed by atoms with Gasteiger partial charge in [-0.25, -0.2) is 4.99 Å². The molecule has 1 saturated heterocycles. The van der Waals surface area contributed by atoms with Gasteiger partial charge in [-0.3, -0.25) is 9.69 Å². The highest BCUT2D eigenvalue weighted by Crippen LogP contribution is 2.33. The Morgan fingerprint density at radius 1 is 1.12 bits per heavy atom. The summed E-state index contributed by atoms with van der Waals surface area (Å²) in [5.41, 5.74) is 4.28. The number of carbonyl (C=O) groups is 1. The fourth-order valence-corrected chi connectivity index (χ4v) is 3.71. The van der Waals surface area contributed by atoms with Gasteiger partial charge in [0.2, 0.25) is 0 Å². The first kappa shape index (κ1) is 17.0. The first-order chi connectivity index (χ1) is 11.4. The van der Waals surface area contributed by atoms with Crippen LogP contribution in [0, 0.1) is 13.8 Å². The van der Waals surface area contributed by atoms with Crippen molar-refractivity contribution in [3.63, 3.8) is 0 Å². The van der Waals surface area contributed by atoms with Crippen molar-refractivity contribution in [3.8, 4) is 0 Å². The molecular formula is C19H17BrN2OS. The summed E-state index contributed by atoms with van der Waals surface area (Å²) in [7, 11) is 1.76. The van der Waals surface area contributed by atoms with E-state index in [1.165, 1.54) is 22.9 Å². The molecule has 24 heavy (non-hydrogen) atoms. The van der Waals surface area contributed by atoms with Gasteiger partial charge in [-0.15, -0.1) is 0 Å². The van der Waals surface area contributed by atoms with Gasteiger partial charge >= 0.3 is 0 Å². The van der Waals surface area contributed by atoms with E-state index in [-0.39, 0.29) is 5.91 Å². The van der Waals surface area contributed by atoms with Crippen LogP contribution >= 0.6 is 27.7 Å². The Balaban J connectivity index is 1.91. The molecule has 1 heterocycles. The minimum atomic E-state index is -0.0254. The normalized spacial score (nSPS) is 18.0. The fourth-order valence-electron chi connectivity index (χ4n) is 2.30. The van der Waals surface area contributed by atoms with Crippen molar-refractivity contribution >= 4 is 50.5 Å². The summed E-state index contributed by atoms with van der Waals surface area (Å²) in [5.74, 6) is -0.0254. The van der Waals surface area contributed by atoms with Gasteiger partial charge in [0.1, 0.15) is 0 Å². The Hall–Kier alpha value is -1.85. The van der Waals surface area contributed by atoms with Crippen LogP contribution < -0.4 is 0 Å². The van der Waals surface area contributed by atoms with Crippen LogP contribution in [0.3, 0.4) is 0 Å². The molecule has 0 radical (unpaired) electrons. The number of aryl methyl sites for hydroxylation is 2. The zero-order valence-corrected chi connectivity index (χ0v) is 16.1. The van der Waals surface area contributed by atoms with Crippen LogP contribution in [-0.4, -0.2) is 23.0 Å². The van der Waals surface area contributed by atoms with Gasteiger partial charge in [0.25, 0.3) is 5.91 Å². The number of amidine groups is 1. The summed E-state index contributed by atoms with van der Waals surface area (Å²) in [5, 5.41) is 0.699. The first-order valence-electron chi connectivity index (χ1n) is 7.53. The molecule has 2 aromatic carbocycles. The van der Waals surface area contributed by atoms with E-state index in [0.717, 1.165) is 15.7 Å². The van der Waals surface area contributed by atoms with Gasteiger partial charge < -0.3 is 0 Å². The summed E-state index contributed by atoms with van der Waals surface area (Å²) >= 11 is 4.86. The average molecular weight is 401 g/mol. The van der Waals surface area contributed by atoms with Crippen molar-refractivity contribution in [2.75, 3.05) is 7.05 Å². The van der Waals surface area contributed by atoms with Crippen LogP contribution in [0.25, 0.3) is 6.08 Å². The third kappa shape index (κ3) is 3.62.